The van der Waals surface area contributed by atoms with Crippen LogP contribution in [0.2, 0.25) is 0 Å². The average Bonchev–Trinajstić information content (AvgIpc) is 3.08. The number of rotatable bonds is 5. The molecule has 25 heavy (non-hydrogen) atoms. The second-order valence-electron chi connectivity index (χ2n) is 5.29. The third kappa shape index (κ3) is 4.17. The first-order valence-corrected chi connectivity index (χ1v) is 7.61. The van der Waals surface area contributed by atoms with Crippen LogP contribution in [0.1, 0.15) is 17.0 Å². The third-order valence-electron chi connectivity index (χ3n) is 3.50. The van der Waals surface area contributed by atoms with E-state index in [1.165, 1.54) is 12.1 Å². The van der Waals surface area contributed by atoms with Gasteiger partial charge in [0.05, 0.1) is 0 Å². The first-order chi connectivity index (χ1) is 12.1. The summed E-state index contributed by atoms with van der Waals surface area (Å²) < 4.78 is 23.6. The van der Waals surface area contributed by atoms with E-state index >= 15 is 0 Å². The van der Waals surface area contributed by atoms with Crippen LogP contribution in [0.25, 0.3) is 17.5 Å². The number of carbonyl (C=O) groups excluding carboxylic acids is 1. The van der Waals surface area contributed by atoms with E-state index in [0.29, 0.717) is 11.4 Å². The van der Waals surface area contributed by atoms with Crippen molar-refractivity contribution in [1.29, 1.82) is 0 Å². The van der Waals surface area contributed by atoms with Crippen LogP contribution in [-0.2, 0) is 16.1 Å². The summed E-state index contributed by atoms with van der Waals surface area (Å²) in [5, 5.41) is 3.89. The Balaban J connectivity index is 1.60. The van der Waals surface area contributed by atoms with Gasteiger partial charge < -0.3 is 9.26 Å². The molecule has 6 heteroatoms. The Bertz CT molecular complexity index is 918. The standard InChI is InChI=1S/C19H15FN2O3/c1-13-6-2-4-8-15(13)19-21-17(25-22-19)12-24-18(23)11-10-14-7-3-5-9-16(14)20/h2-11H,12H2,1H3/b11-10+. The molecule has 0 radical (unpaired) electrons. The first kappa shape index (κ1) is 16.6. The molecule has 1 heterocycles. The lowest BCUT2D eigenvalue weighted by atomic mass is 10.1. The minimum atomic E-state index is -0.626. The van der Waals surface area contributed by atoms with Crippen molar-refractivity contribution in [3.63, 3.8) is 0 Å². The van der Waals surface area contributed by atoms with Gasteiger partial charge in [0.25, 0.3) is 5.89 Å². The Morgan fingerprint density at radius 3 is 2.76 bits per heavy atom. The fraction of sp³-hybridized carbons (Fsp3) is 0.105. The van der Waals surface area contributed by atoms with Gasteiger partial charge in [0.15, 0.2) is 6.61 Å². The van der Waals surface area contributed by atoms with E-state index in [-0.39, 0.29) is 12.5 Å². The Hall–Kier alpha value is -3.28. The van der Waals surface area contributed by atoms with Crippen molar-refractivity contribution in [2.75, 3.05) is 0 Å². The highest BCUT2D eigenvalue weighted by molar-refractivity contribution is 5.87. The molecule has 0 amide bonds. The molecule has 0 atom stereocenters. The van der Waals surface area contributed by atoms with Crippen LogP contribution in [0, 0.1) is 12.7 Å². The molecule has 0 aliphatic heterocycles. The number of halogens is 1. The van der Waals surface area contributed by atoms with Crippen molar-refractivity contribution in [2.24, 2.45) is 0 Å². The van der Waals surface area contributed by atoms with Gasteiger partial charge in [0.2, 0.25) is 5.82 Å². The first-order valence-electron chi connectivity index (χ1n) is 7.61. The Kier molecular flexibility index (Phi) is 4.99. The van der Waals surface area contributed by atoms with Gasteiger partial charge in [-0.15, -0.1) is 0 Å². The number of nitrogens with zero attached hydrogens (tertiary/aromatic N) is 2. The number of aryl methyl sites for hydroxylation is 1. The average molecular weight is 338 g/mol. The fourth-order valence-electron chi connectivity index (χ4n) is 2.20. The van der Waals surface area contributed by atoms with E-state index in [1.54, 1.807) is 18.2 Å². The third-order valence-corrected chi connectivity index (χ3v) is 3.50. The van der Waals surface area contributed by atoms with E-state index in [2.05, 4.69) is 10.1 Å². The molecule has 2 aromatic carbocycles. The molecule has 5 nitrogen and oxygen atoms in total. The predicted molar refractivity (Wildman–Crippen MR) is 89.7 cm³/mol. The Morgan fingerprint density at radius 2 is 1.96 bits per heavy atom. The topological polar surface area (TPSA) is 65.2 Å². The molecular weight excluding hydrogens is 323 g/mol. The van der Waals surface area contributed by atoms with Crippen LogP contribution in [0.5, 0.6) is 0 Å². The van der Waals surface area contributed by atoms with Crippen LogP contribution in [0.4, 0.5) is 4.39 Å². The lowest BCUT2D eigenvalue weighted by molar-refractivity contribution is -0.139. The maximum absolute atomic E-state index is 13.5. The summed E-state index contributed by atoms with van der Waals surface area (Å²) in [6, 6.07) is 13.8. The van der Waals surface area contributed by atoms with Gasteiger partial charge >= 0.3 is 5.97 Å². The quantitative estimate of drug-likeness (QED) is 0.521. The van der Waals surface area contributed by atoms with Crippen LogP contribution >= 0.6 is 0 Å². The maximum atomic E-state index is 13.5. The Labute approximate surface area is 143 Å². The molecule has 0 unspecified atom stereocenters. The SMILES string of the molecule is Cc1ccccc1-c1noc(COC(=O)/C=C/c2ccccc2F)n1. The van der Waals surface area contributed by atoms with Crippen molar-refractivity contribution in [1.82, 2.24) is 10.1 Å². The van der Waals surface area contributed by atoms with Crippen LogP contribution in [0.15, 0.2) is 59.1 Å². The number of carbonyl (C=O) groups is 1. The predicted octanol–water partition coefficient (Wildman–Crippen LogP) is 3.94. The lowest BCUT2D eigenvalue weighted by Gasteiger charge is -1.98. The molecule has 126 valence electrons. The molecular formula is C19H15FN2O3. The number of esters is 1. The van der Waals surface area contributed by atoms with Crippen LogP contribution < -0.4 is 0 Å². The van der Waals surface area contributed by atoms with Gasteiger partial charge in [-0.05, 0) is 24.6 Å². The molecule has 1 aromatic heterocycles. The zero-order valence-corrected chi connectivity index (χ0v) is 13.5. The van der Waals surface area contributed by atoms with Gasteiger partial charge in [-0.3, -0.25) is 0 Å². The molecule has 0 spiro atoms. The fourth-order valence-corrected chi connectivity index (χ4v) is 2.20. The number of ether oxygens (including phenoxy) is 1. The minimum Gasteiger partial charge on any atom is -0.452 e. The van der Waals surface area contributed by atoms with Crippen molar-refractivity contribution in [2.45, 2.75) is 13.5 Å². The summed E-state index contributed by atoms with van der Waals surface area (Å²) in [5.74, 6) is -0.415. The molecule has 0 N–H and O–H groups in total. The second-order valence-corrected chi connectivity index (χ2v) is 5.29. The number of hydrogen-bond donors (Lipinski definition) is 0. The van der Waals surface area contributed by atoms with Gasteiger partial charge in [-0.1, -0.05) is 47.6 Å². The zero-order valence-electron chi connectivity index (χ0n) is 13.5. The van der Waals surface area contributed by atoms with E-state index in [0.717, 1.165) is 17.2 Å². The smallest absolute Gasteiger partial charge is 0.331 e. The summed E-state index contributed by atoms with van der Waals surface area (Å²) in [6.45, 7) is 1.79. The molecule has 0 fully saturated rings. The normalized spacial score (nSPS) is 11.0. The van der Waals surface area contributed by atoms with E-state index < -0.39 is 11.8 Å². The van der Waals surface area contributed by atoms with E-state index in [4.69, 9.17) is 9.26 Å². The van der Waals surface area contributed by atoms with Gasteiger partial charge in [0.1, 0.15) is 5.82 Å². The highest BCUT2D eigenvalue weighted by Gasteiger charge is 2.11. The van der Waals surface area contributed by atoms with Gasteiger partial charge in [-0.2, -0.15) is 4.98 Å². The zero-order chi connectivity index (χ0) is 17.6. The van der Waals surface area contributed by atoms with Crippen molar-refractivity contribution in [3.05, 3.63) is 77.4 Å². The van der Waals surface area contributed by atoms with Crippen LogP contribution in [-0.4, -0.2) is 16.1 Å². The maximum Gasteiger partial charge on any atom is 0.331 e. The minimum absolute atomic E-state index is 0.153. The lowest BCUT2D eigenvalue weighted by Crippen LogP contribution is -2.01. The van der Waals surface area contributed by atoms with Crippen molar-refractivity contribution >= 4 is 12.0 Å². The van der Waals surface area contributed by atoms with Gasteiger partial charge in [0, 0.05) is 17.2 Å². The summed E-state index contributed by atoms with van der Waals surface area (Å²) in [6.07, 6.45) is 2.50. The van der Waals surface area contributed by atoms with E-state index in [9.17, 15) is 9.18 Å². The summed E-state index contributed by atoms with van der Waals surface area (Å²) in [5.41, 5.74) is 2.17. The molecule has 0 saturated heterocycles. The monoisotopic (exact) mass is 338 g/mol. The Morgan fingerprint density at radius 1 is 1.20 bits per heavy atom. The summed E-state index contributed by atoms with van der Waals surface area (Å²) in [7, 11) is 0. The van der Waals surface area contributed by atoms with Crippen molar-refractivity contribution in [3.8, 4) is 11.4 Å². The summed E-state index contributed by atoms with van der Waals surface area (Å²) >= 11 is 0. The molecule has 0 aliphatic carbocycles. The molecule has 0 saturated carbocycles. The number of benzene rings is 2. The highest BCUT2D eigenvalue weighted by Crippen LogP contribution is 2.20. The van der Waals surface area contributed by atoms with Gasteiger partial charge in [-0.25, -0.2) is 9.18 Å². The number of aromatic nitrogens is 2. The van der Waals surface area contributed by atoms with Crippen LogP contribution in [0.3, 0.4) is 0 Å². The highest BCUT2D eigenvalue weighted by atomic mass is 19.1. The number of hydrogen-bond acceptors (Lipinski definition) is 5. The van der Waals surface area contributed by atoms with E-state index in [1.807, 2.05) is 31.2 Å². The van der Waals surface area contributed by atoms with Crippen molar-refractivity contribution < 1.29 is 18.4 Å². The largest absolute Gasteiger partial charge is 0.452 e. The second kappa shape index (κ2) is 7.53. The molecule has 3 rings (SSSR count). The molecule has 3 aromatic rings. The molecule has 0 aliphatic rings. The summed E-state index contributed by atoms with van der Waals surface area (Å²) in [4.78, 5) is 15.9. The molecule has 0 bridgehead atoms.